The lowest BCUT2D eigenvalue weighted by atomic mass is 10.2. The van der Waals surface area contributed by atoms with Gasteiger partial charge in [0.1, 0.15) is 5.82 Å². The van der Waals surface area contributed by atoms with Crippen molar-refractivity contribution >= 4 is 11.7 Å². The van der Waals surface area contributed by atoms with E-state index in [4.69, 9.17) is 9.72 Å². The summed E-state index contributed by atoms with van der Waals surface area (Å²) >= 11 is 0. The van der Waals surface area contributed by atoms with E-state index in [9.17, 15) is 4.79 Å². The summed E-state index contributed by atoms with van der Waals surface area (Å²) in [5.41, 5.74) is 2.99. The second kappa shape index (κ2) is 8.62. The van der Waals surface area contributed by atoms with Crippen LogP contribution in [0.5, 0.6) is 0 Å². The fraction of sp³-hybridized carbons (Fsp3) is 0.450. The van der Waals surface area contributed by atoms with Gasteiger partial charge in [0, 0.05) is 44.7 Å². The van der Waals surface area contributed by atoms with E-state index in [1.807, 2.05) is 25.5 Å². The molecule has 30 heavy (non-hydrogen) atoms. The first-order valence-corrected chi connectivity index (χ1v) is 10.1. The molecule has 0 spiro atoms. The predicted octanol–water partition coefficient (Wildman–Crippen LogP) is 1.38. The molecule has 1 saturated heterocycles. The van der Waals surface area contributed by atoms with Crippen LogP contribution in [0.2, 0.25) is 0 Å². The Morgan fingerprint density at radius 3 is 2.77 bits per heavy atom. The van der Waals surface area contributed by atoms with Crippen LogP contribution >= 0.6 is 0 Å². The lowest BCUT2D eigenvalue weighted by Gasteiger charge is -2.33. The van der Waals surface area contributed by atoms with Crippen molar-refractivity contribution in [3.8, 4) is 5.95 Å². The summed E-state index contributed by atoms with van der Waals surface area (Å²) in [6.07, 6.45) is 7.92. The quantitative estimate of drug-likeness (QED) is 0.598. The number of imidazole rings is 1. The van der Waals surface area contributed by atoms with Gasteiger partial charge < -0.3 is 19.5 Å². The van der Waals surface area contributed by atoms with Crippen LogP contribution in [-0.4, -0.2) is 54.9 Å². The minimum absolute atomic E-state index is 0.229. The molecule has 1 N–H and O–H groups in total. The molecule has 0 radical (unpaired) electrons. The standard InChI is InChI=1S/C20H26N8O2/c1-4-30-12-17-16(19(29)22-10-15-9-21-13-26(15)3)11-24-28(17)20-23-8-14(2)18(25-20)27-6-5-7-27/h8-9,11,13H,4-7,10,12H2,1-3H3,(H,22,29). The third-order valence-corrected chi connectivity index (χ3v) is 5.18. The number of amides is 1. The van der Waals surface area contributed by atoms with Gasteiger partial charge in [0.05, 0.1) is 42.6 Å². The first-order chi connectivity index (χ1) is 14.6. The van der Waals surface area contributed by atoms with Crippen LogP contribution in [0.25, 0.3) is 5.95 Å². The highest BCUT2D eigenvalue weighted by atomic mass is 16.5. The van der Waals surface area contributed by atoms with Crippen molar-refractivity contribution in [2.45, 2.75) is 33.4 Å². The van der Waals surface area contributed by atoms with E-state index in [1.54, 1.807) is 29.6 Å². The summed E-state index contributed by atoms with van der Waals surface area (Å²) in [5.74, 6) is 1.11. The third kappa shape index (κ3) is 3.90. The number of anilines is 1. The van der Waals surface area contributed by atoms with Gasteiger partial charge in [-0.1, -0.05) is 0 Å². The molecule has 0 atom stereocenters. The molecule has 0 saturated carbocycles. The van der Waals surface area contributed by atoms with Crippen LogP contribution in [-0.2, 0) is 24.9 Å². The van der Waals surface area contributed by atoms with Crippen molar-refractivity contribution in [3.05, 3.63) is 47.4 Å². The van der Waals surface area contributed by atoms with Crippen LogP contribution in [0.1, 0.15) is 40.7 Å². The van der Waals surface area contributed by atoms with Crippen molar-refractivity contribution in [2.75, 3.05) is 24.6 Å². The zero-order valence-electron chi connectivity index (χ0n) is 17.5. The largest absolute Gasteiger partial charge is 0.375 e. The van der Waals surface area contributed by atoms with E-state index in [-0.39, 0.29) is 12.5 Å². The molecule has 4 rings (SSSR count). The second-order valence-electron chi connectivity index (χ2n) is 7.25. The molecule has 0 aliphatic carbocycles. The lowest BCUT2D eigenvalue weighted by molar-refractivity contribution is 0.0938. The monoisotopic (exact) mass is 410 g/mol. The average Bonchev–Trinajstić information content (AvgIpc) is 3.31. The fourth-order valence-electron chi connectivity index (χ4n) is 3.27. The van der Waals surface area contributed by atoms with Crippen molar-refractivity contribution < 1.29 is 9.53 Å². The minimum Gasteiger partial charge on any atom is -0.375 e. The normalized spacial score (nSPS) is 13.4. The van der Waals surface area contributed by atoms with Crippen molar-refractivity contribution in [1.29, 1.82) is 0 Å². The summed E-state index contributed by atoms with van der Waals surface area (Å²) in [6.45, 7) is 7.02. The maximum atomic E-state index is 12.9. The fourth-order valence-corrected chi connectivity index (χ4v) is 3.27. The summed E-state index contributed by atoms with van der Waals surface area (Å²) in [4.78, 5) is 28.3. The Bertz CT molecular complexity index is 1040. The van der Waals surface area contributed by atoms with Gasteiger partial charge in [0.2, 0.25) is 0 Å². The predicted molar refractivity (Wildman–Crippen MR) is 110 cm³/mol. The molecule has 4 heterocycles. The van der Waals surface area contributed by atoms with E-state index < -0.39 is 0 Å². The average molecular weight is 410 g/mol. The molecular weight excluding hydrogens is 384 g/mol. The van der Waals surface area contributed by atoms with Crippen molar-refractivity contribution in [1.82, 2.24) is 34.6 Å². The summed E-state index contributed by atoms with van der Waals surface area (Å²) in [6, 6.07) is 0. The first kappa shape index (κ1) is 20.0. The number of aryl methyl sites for hydroxylation is 2. The van der Waals surface area contributed by atoms with Gasteiger partial charge in [-0.2, -0.15) is 14.8 Å². The summed E-state index contributed by atoms with van der Waals surface area (Å²) in [7, 11) is 1.89. The summed E-state index contributed by atoms with van der Waals surface area (Å²) in [5, 5.41) is 7.33. The molecule has 10 heteroatoms. The number of hydrogen-bond donors (Lipinski definition) is 1. The Morgan fingerprint density at radius 2 is 2.10 bits per heavy atom. The summed E-state index contributed by atoms with van der Waals surface area (Å²) < 4.78 is 9.07. The van der Waals surface area contributed by atoms with Crippen LogP contribution in [0, 0.1) is 6.92 Å². The van der Waals surface area contributed by atoms with Crippen molar-refractivity contribution in [3.63, 3.8) is 0 Å². The highest BCUT2D eigenvalue weighted by Gasteiger charge is 2.23. The number of carbonyl (C=O) groups is 1. The molecular formula is C20H26N8O2. The highest BCUT2D eigenvalue weighted by molar-refractivity contribution is 5.95. The molecule has 3 aromatic rings. The smallest absolute Gasteiger partial charge is 0.255 e. The van der Waals surface area contributed by atoms with Gasteiger partial charge in [0.15, 0.2) is 0 Å². The molecule has 1 aliphatic rings. The van der Waals surface area contributed by atoms with Crippen molar-refractivity contribution in [2.24, 2.45) is 7.05 Å². The first-order valence-electron chi connectivity index (χ1n) is 10.1. The number of nitrogens with zero attached hydrogens (tertiary/aromatic N) is 7. The molecule has 0 unspecified atom stereocenters. The Morgan fingerprint density at radius 1 is 1.27 bits per heavy atom. The number of aromatic nitrogens is 6. The van der Waals surface area contributed by atoms with E-state index >= 15 is 0 Å². The van der Waals surface area contributed by atoms with E-state index in [0.717, 1.165) is 36.6 Å². The van der Waals surface area contributed by atoms with E-state index in [2.05, 4.69) is 25.3 Å². The Labute approximate surface area is 174 Å². The topological polar surface area (TPSA) is 103 Å². The second-order valence-corrected chi connectivity index (χ2v) is 7.25. The van der Waals surface area contributed by atoms with Gasteiger partial charge in [-0.05, 0) is 20.3 Å². The molecule has 1 aliphatic heterocycles. The Hall–Kier alpha value is -3.27. The van der Waals surface area contributed by atoms with Gasteiger partial charge in [-0.3, -0.25) is 4.79 Å². The molecule has 3 aromatic heterocycles. The van der Waals surface area contributed by atoms with Crippen LogP contribution in [0.3, 0.4) is 0 Å². The molecule has 1 fully saturated rings. The zero-order chi connectivity index (χ0) is 21.1. The molecule has 0 aromatic carbocycles. The molecule has 158 valence electrons. The Kier molecular flexibility index (Phi) is 5.75. The molecule has 10 nitrogen and oxygen atoms in total. The zero-order valence-corrected chi connectivity index (χ0v) is 17.5. The van der Waals surface area contributed by atoms with Crippen LogP contribution < -0.4 is 10.2 Å². The number of hydrogen-bond acceptors (Lipinski definition) is 7. The van der Waals surface area contributed by atoms with Gasteiger partial charge in [-0.25, -0.2) is 9.97 Å². The van der Waals surface area contributed by atoms with E-state index in [0.29, 0.717) is 30.4 Å². The maximum absolute atomic E-state index is 12.9. The number of ether oxygens (including phenoxy) is 1. The highest BCUT2D eigenvalue weighted by Crippen LogP contribution is 2.23. The van der Waals surface area contributed by atoms with Crippen LogP contribution in [0.15, 0.2) is 24.9 Å². The lowest BCUT2D eigenvalue weighted by Crippen LogP contribution is -2.38. The number of rotatable bonds is 8. The number of nitrogens with one attached hydrogen (secondary N) is 1. The molecule has 1 amide bonds. The van der Waals surface area contributed by atoms with Gasteiger partial charge in [0.25, 0.3) is 11.9 Å². The van der Waals surface area contributed by atoms with Crippen LogP contribution in [0.4, 0.5) is 5.82 Å². The minimum atomic E-state index is -0.229. The number of carbonyl (C=O) groups excluding carboxylic acids is 1. The third-order valence-electron chi connectivity index (χ3n) is 5.18. The van der Waals surface area contributed by atoms with E-state index in [1.165, 1.54) is 0 Å². The van der Waals surface area contributed by atoms with Gasteiger partial charge >= 0.3 is 0 Å². The van der Waals surface area contributed by atoms with Gasteiger partial charge in [-0.15, -0.1) is 0 Å². The molecule has 0 bridgehead atoms. The maximum Gasteiger partial charge on any atom is 0.255 e. The Balaban J connectivity index is 1.62. The SMILES string of the molecule is CCOCc1c(C(=O)NCc2cncn2C)cnn1-c1ncc(C)c(N2CCC2)n1.